The predicted molar refractivity (Wildman–Crippen MR) is 144 cm³/mol. The second-order valence-corrected chi connectivity index (χ2v) is 11.4. The molecule has 0 radical (unpaired) electrons. The fourth-order valence-corrected chi connectivity index (χ4v) is 6.52. The molecule has 3 aliphatic heterocycles. The molecule has 3 aliphatic rings. The molecule has 0 bridgehead atoms. The number of aromatic nitrogens is 3. The van der Waals surface area contributed by atoms with Gasteiger partial charge in [-0.3, -0.25) is 4.90 Å². The molecule has 0 aliphatic carbocycles. The Balaban J connectivity index is 1.54. The molecule has 0 saturated carbocycles. The summed E-state index contributed by atoms with van der Waals surface area (Å²) in [7, 11) is 1.76. The van der Waals surface area contributed by atoms with Gasteiger partial charge >= 0.3 is 12.2 Å². The lowest BCUT2D eigenvalue weighted by molar-refractivity contribution is -0.137. The van der Waals surface area contributed by atoms with E-state index in [4.69, 9.17) is 26.8 Å². The monoisotopic (exact) mass is 598 g/mol. The topological polar surface area (TPSA) is 89.6 Å². The average Bonchev–Trinajstić information content (AvgIpc) is 3.41. The van der Waals surface area contributed by atoms with Crippen LogP contribution in [0.5, 0.6) is 11.9 Å². The largest absolute Gasteiger partial charge is 0.477 e. The minimum atomic E-state index is -4.93. The van der Waals surface area contributed by atoms with Gasteiger partial charge in [-0.15, -0.1) is 0 Å². The molecule has 0 spiro atoms. The van der Waals surface area contributed by atoms with Gasteiger partial charge in [0.1, 0.15) is 35.2 Å². The van der Waals surface area contributed by atoms with Crippen LogP contribution >= 0.6 is 11.6 Å². The summed E-state index contributed by atoms with van der Waals surface area (Å²) in [6, 6.07) is 1.64. The van der Waals surface area contributed by atoms with Crippen LogP contribution < -0.4 is 20.1 Å². The van der Waals surface area contributed by atoms with Crippen LogP contribution in [0.4, 0.5) is 33.5 Å². The molecule has 14 heteroatoms. The third kappa shape index (κ3) is 4.76. The van der Waals surface area contributed by atoms with Crippen molar-refractivity contribution in [1.82, 2.24) is 19.9 Å². The summed E-state index contributed by atoms with van der Waals surface area (Å²) in [4.78, 5) is 16.9. The van der Waals surface area contributed by atoms with E-state index in [1.54, 1.807) is 11.9 Å². The Morgan fingerprint density at radius 1 is 1.24 bits per heavy atom. The van der Waals surface area contributed by atoms with Gasteiger partial charge in [-0.25, -0.2) is 13.8 Å². The lowest BCUT2D eigenvalue weighted by Crippen LogP contribution is -2.43. The normalized spacial score (nSPS) is 24.7. The highest BCUT2D eigenvalue weighted by Gasteiger charge is 2.49. The molecule has 220 valence electrons. The first kappa shape index (κ1) is 28.0. The fourth-order valence-electron chi connectivity index (χ4n) is 6.18. The Bertz CT molecular complexity index is 1520. The second kappa shape index (κ2) is 9.97. The quantitative estimate of drug-likeness (QED) is 0.305. The van der Waals surface area contributed by atoms with Gasteiger partial charge in [-0.1, -0.05) is 11.6 Å². The van der Waals surface area contributed by atoms with E-state index < -0.39 is 45.5 Å². The zero-order valence-electron chi connectivity index (χ0n) is 22.4. The first-order chi connectivity index (χ1) is 19.4. The molecule has 2 N–H and O–H groups in total. The van der Waals surface area contributed by atoms with Gasteiger partial charge in [0.05, 0.1) is 22.7 Å². The summed E-state index contributed by atoms with van der Waals surface area (Å²) >= 11 is 5.95. The van der Waals surface area contributed by atoms with Crippen LogP contribution in [0, 0.1) is 5.82 Å². The molecule has 1 unspecified atom stereocenters. The number of benzene rings is 1. The molecular formula is C27H28ClF5N6O2. The molecular weight excluding hydrogens is 571 g/mol. The highest BCUT2D eigenvalue weighted by Crippen LogP contribution is 2.46. The maximum atomic E-state index is 16.4. The number of halogens is 6. The van der Waals surface area contributed by atoms with E-state index in [0.717, 1.165) is 31.5 Å². The minimum Gasteiger partial charge on any atom is -0.477 e. The average molecular weight is 599 g/mol. The van der Waals surface area contributed by atoms with Gasteiger partial charge in [0.25, 0.3) is 0 Å². The van der Waals surface area contributed by atoms with Gasteiger partial charge in [0, 0.05) is 43.7 Å². The zero-order valence-corrected chi connectivity index (χ0v) is 23.1. The SMILES string of the molecule is CC1CCOc2nc(-c3cc(N)cc(Cl)c3C(F)(F)F)c(F)c3nc(OC[C@@]45CCCN4C[C@H](F)C5)nc(c23)N1C. The Morgan fingerprint density at radius 3 is 2.78 bits per heavy atom. The van der Waals surface area contributed by atoms with Crippen LogP contribution in [0.15, 0.2) is 12.1 Å². The summed E-state index contributed by atoms with van der Waals surface area (Å²) in [6.45, 7) is 3.26. The van der Waals surface area contributed by atoms with E-state index >= 15 is 4.39 Å². The van der Waals surface area contributed by atoms with Crippen molar-refractivity contribution in [2.45, 2.75) is 56.5 Å². The number of nitrogen functional groups attached to an aromatic ring is 1. The molecule has 6 rings (SSSR count). The highest BCUT2D eigenvalue weighted by atomic mass is 35.5. The molecule has 0 amide bonds. The molecule has 41 heavy (non-hydrogen) atoms. The van der Waals surface area contributed by atoms with Crippen LogP contribution in [0.25, 0.3) is 22.2 Å². The number of nitrogens with zero attached hydrogens (tertiary/aromatic N) is 5. The zero-order chi connectivity index (χ0) is 29.3. The number of ether oxygens (including phenoxy) is 2. The van der Waals surface area contributed by atoms with Gasteiger partial charge in [-0.05, 0) is 38.4 Å². The van der Waals surface area contributed by atoms with Gasteiger partial charge in [0.15, 0.2) is 5.82 Å². The molecule has 3 aromatic rings. The van der Waals surface area contributed by atoms with E-state index in [2.05, 4.69) is 19.9 Å². The third-order valence-corrected chi connectivity index (χ3v) is 8.66. The number of rotatable bonds is 4. The number of hydrogen-bond donors (Lipinski definition) is 1. The molecule has 2 saturated heterocycles. The van der Waals surface area contributed by atoms with Crippen LogP contribution in [0.1, 0.15) is 38.2 Å². The Hall–Kier alpha value is -3.19. The second-order valence-electron chi connectivity index (χ2n) is 11.0. The van der Waals surface area contributed by atoms with Crippen molar-refractivity contribution in [3.05, 3.63) is 28.5 Å². The number of hydrogen-bond acceptors (Lipinski definition) is 8. The third-order valence-electron chi connectivity index (χ3n) is 8.36. The van der Waals surface area contributed by atoms with Crippen molar-refractivity contribution in [2.24, 2.45) is 0 Å². The van der Waals surface area contributed by atoms with E-state index in [-0.39, 0.29) is 53.6 Å². The predicted octanol–water partition coefficient (Wildman–Crippen LogP) is 5.65. The van der Waals surface area contributed by atoms with Gasteiger partial charge in [0.2, 0.25) is 5.88 Å². The summed E-state index contributed by atoms with van der Waals surface area (Å²) in [5.41, 5.74) is 2.27. The molecule has 8 nitrogen and oxygen atoms in total. The minimum absolute atomic E-state index is 0.0869. The highest BCUT2D eigenvalue weighted by molar-refractivity contribution is 6.32. The maximum absolute atomic E-state index is 16.4. The van der Waals surface area contributed by atoms with E-state index in [1.807, 2.05) is 6.92 Å². The standard InChI is InChI=1S/C27H28ClF5N6O2/c1-13-4-7-40-24-18-22(20(30)21(35-24)16-8-15(34)9-17(28)19(16)27(31,32)33)36-25(37-23(18)38(13)2)41-12-26-5-3-6-39(26)11-14(29)10-26/h8-9,13-14H,3-7,10-12,34H2,1-2H3/t13?,14-,26+/m1/s1. The molecule has 3 atom stereocenters. The van der Waals surface area contributed by atoms with Gasteiger partial charge < -0.3 is 20.1 Å². The lowest BCUT2D eigenvalue weighted by atomic mass is 9.95. The molecule has 5 heterocycles. The summed E-state index contributed by atoms with van der Waals surface area (Å²) in [5.74, 6) is -1.01. The summed E-state index contributed by atoms with van der Waals surface area (Å²) < 4.78 is 84.8. The Morgan fingerprint density at radius 2 is 2.02 bits per heavy atom. The fraction of sp³-hybridized carbons (Fsp3) is 0.519. The van der Waals surface area contributed by atoms with Crippen LogP contribution in [0.3, 0.4) is 0 Å². The smallest absolute Gasteiger partial charge is 0.418 e. The number of anilines is 2. The van der Waals surface area contributed by atoms with Gasteiger partial charge in [-0.2, -0.15) is 23.1 Å². The van der Waals surface area contributed by atoms with Crippen molar-refractivity contribution in [2.75, 3.05) is 44.0 Å². The number of fused-ring (bicyclic) bond motifs is 1. The lowest BCUT2D eigenvalue weighted by Gasteiger charge is -2.32. The number of nitrogens with two attached hydrogens (primary N) is 1. The van der Waals surface area contributed by atoms with Crippen molar-refractivity contribution in [3.8, 4) is 23.1 Å². The first-order valence-electron chi connectivity index (χ1n) is 13.3. The van der Waals surface area contributed by atoms with Crippen LogP contribution in [-0.4, -0.2) is 71.0 Å². The molecule has 1 aromatic carbocycles. The van der Waals surface area contributed by atoms with Crippen molar-refractivity contribution in [3.63, 3.8) is 0 Å². The first-order valence-corrected chi connectivity index (χ1v) is 13.7. The van der Waals surface area contributed by atoms with Crippen LogP contribution in [-0.2, 0) is 6.18 Å². The Kier molecular flexibility index (Phi) is 6.80. The van der Waals surface area contributed by atoms with E-state index in [1.165, 1.54) is 0 Å². The number of alkyl halides is 4. The number of pyridine rings is 1. The maximum Gasteiger partial charge on any atom is 0.418 e. The summed E-state index contributed by atoms with van der Waals surface area (Å²) in [5, 5.41) is -0.594. The van der Waals surface area contributed by atoms with Crippen LogP contribution in [0.2, 0.25) is 5.02 Å². The summed E-state index contributed by atoms with van der Waals surface area (Å²) in [6.07, 6.45) is -3.44. The molecule has 2 aromatic heterocycles. The Labute approximate surface area is 237 Å². The van der Waals surface area contributed by atoms with E-state index in [0.29, 0.717) is 19.4 Å². The van der Waals surface area contributed by atoms with Crippen molar-refractivity contribution < 1.29 is 31.4 Å². The van der Waals surface area contributed by atoms with Crippen molar-refractivity contribution in [1.29, 1.82) is 0 Å². The molecule has 2 fully saturated rings. The van der Waals surface area contributed by atoms with Crippen molar-refractivity contribution >= 4 is 34.0 Å². The van der Waals surface area contributed by atoms with E-state index in [9.17, 15) is 17.6 Å².